The number of pyridine rings is 1. The molecule has 33 heavy (non-hydrogen) atoms. The summed E-state index contributed by atoms with van der Waals surface area (Å²) in [5, 5.41) is 2.68. The van der Waals surface area contributed by atoms with Crippen LogP contribution in [0.3, 0.4) is 0 Å². The second kappa shape index (κ2) is 9.11. The van der Waals surface area contributed by atoms with Crippen LogP contribution in [0.1, 0.15) is 19.0 Å². The molecule has 0 bridgehead atoms. The Labute approximate surface area is 192 Å². The van der Waals surface area contributed by atoms with Gasteiger partial charge in [0.25, 0.3) is 0 Å². The molecule has 1 aliphatic heterocycles. The van der Waals surface area contributed by atoms with E-state index in [1.807, 2.05) is 48.7 Å². The molecular weight excluding hydrogens is 423 g/mol. The minimum atomic E-state index is -0.515. The lowest BCUT2D eigenvalue weighted by atomic mass is 10.1. The Bertz CT molecular complexity index is 1220. The third kappa shape index (κ3) is 4.63. The average molecular weight is 451 g/mol. The maximum atomic E-state index is 14.6. The largest absolute Gasteiger partial charge is 0.324 e. The van der Waals surface area contributed by atoms with Crippen molar-refractivity contribution in [2.45, 2.75) is 26.8 Å². The summed E-state index contributed by atoms with van der Waals surface area (Å²) in [7, 11) is 3.75. The zero-order chi connectivity index (χ0) is 23.7. The van der Waals surface area contributed by atoms with Crippen LogP contribution in [0.25, 0.3) is 22.6 Å². The fourth-order valence-electron chi connectivity index (χ4n) is 3.91. The molecule has 2 amide bonds. The van der Waals surface area contributed by atoms with Crippen LogP contribution < -0.4 is 10.2 Å². The van der Waals surface area contributed by atoms with E-state index in [1.165, 1.54) is 13.0 Å². The Hall–Kier alpha value is -3.59. The van der Waals surface area contributed by atoms with Crippen LogP contribution in [0.2, 0.25) is 0 Å². The number of anilines is 2. The molecule has 0 unspecified atom stereocenters. The molecule has 0 saturated heterocycles. The van der Waals surface area contributed by atoms with Crippen LogP contribution in [0.5, 0.6) is 0 Å². The van der Waals surface area contributed by atoms with Crippen LogP contribution in [-0.2, 0) is 16.1 Å². The molecule has 0 spiro atoms. The zero-order valence-electron chi connectivity index (χ0n) is 19.2. The molecule has 1 aromatic carbocycles. The molecular formula is C24H27FN6O2. The maximum Gasteiger partial charge on any atom is 0.226 e. The maximum absolute atomic E-state index is 14.6. The van der Waals surface area contributed by atoms with Crippen molar-refractivity contribution in [2.75, 3.05) is 37.4 Å². The van der Waals surface area contributed by atoms with Crippen molar-refractivity contribution in [3.05, 3.63) is 47.9 Å². The van der Waals surface area contributed by atoms with E-state index in [9.17, 15) is 14.0 Å². The first-order chi connectivity index (χ1) is 15.7. The first kappa shape index (κ1) is 22.6. The van der Waals surface area contributed by atoms with Crippen LogP contribution >= 0.6 is 0 Å². The number of fused-ring (bicyclic) bond motifs is 1. The summed E-state index contributed by atoms with van der Waals surface area (Å²) in [6.07, 6.45) is 0.255. The average Bonchev–Trinajstić information content (AvgIpc) is 3.33. The molecule has 0 saturated carbocycles. The fourth-order valence-corrected chi connectivity index (χ4v) is 3.91. The standard InChI is InChI=1S/C24H27FN6O2/c1-15-6-5-7-19(26-15)22-23(31-13-12-30(16(2)32)24(31)28-22)17-8-9-18(25)20(14-17)27-21(33)10-11-29(3)4/h5-9,14H,10-13H2,1-4H3,(H,27,33). The number of benzene rings is 1. The normalized spacial score (nSPS) is 12.8. The number of aryl methyl sites for hydroxylation is 1. The van der Waals surface area contributed by atoms with Gasteiger partial charge in [-0.2, -0.15) is 0 Å². The van der Waals surface area contributed by atoms with Gasteiger partial charge in [-0.05, 0) is 51.4 Å². The molecule has 1 N–H and O–H groups in total. The number of imidazole rings is 1. The van der Waals surface area contributed by atoms with Gasteiger partial charge in [-0.15, -0.1) is 0 Å². The minimum absolute atomic E-state index is 0.0954. The third-order valence-electron chi connectivity index (χ3n) is 5.55. The Kier molecular flexibility index (Phi) is 6.24. The Balaban J connectivity index is 1.79. The number of carbonyl (C=O) groups excluding carboxylic acids is 2. The van der Waals surface area contributed by atoms with Crippen molar-refractivity contribution in [3.8, 4) is 22.6 Å². The van der Waals surface area contributed by atoms with Crippen LogP contribution in [0.4, 0.5) is 16.0 Å². The van der Waals surface area contributed by atoms with Gasteiger partial charge in [0.2, 0.25) is 17.8 Å². The van der Waals surface area contributed by atoms with Gasteiger partial charge < -0.3 is 14.8 Å². The van der Waals surface area contributed by atoms with Crippen molar-refractivity contribution < 1.29 is 14.0 Å². The second-order valence-corrected chi connectivity index (χ2v) is 8.39. The monoisotopic (exact) mass is 450 g/mol. The summed E-state index contributed by atoms with van der Waals surface area (Å²) in [6, 6.07) is 10.3. The zero-order valence-corrected chi connectivity index (χ0v) is 19.2. The SMILES string of the molecule is CC(=O)N1CCn2c1nc(-c1cccc(C)n1)c2-c1ccc(F)c(NC(=O)CCN(C)C)c1. The molecule has 8 nitrogen and oxygen atoms in total. The summed E-state index contributed by atoms with van der Waals surface area (Å²) in [5.41, 5.74) is 3.63. The van der Waals surface area contributed by atoms with E-state index in [1.54, 1.807) is 17.0 Å². The molecule has 3 aromatic rings. The van der Waals surface area contributed by atoms with Crippen molar-refractivity contribution >= 4 is 23.5 Å². The third-order valence-corrected chi connectivity index (χ3v) is 5.55. The molecule has 0 radical (unpaired) electrons. The summed E-state index contributed by atoms with van der Waals surface area (Å²) in [6.45, 7) is 5.04. The Morgan fingerprint density at radius 2 is 1.94 bits per heavy atom. The van der Waals surface area contributed by atoms with E-state index in [0.29, 0.717) is 42.5 Å². The first-order valence-electron chi connectivity index (χ1n) is 10.8. The lowest BCUT2D eigenvalue weighted by Gasteiger charge is -2.13. The first-order valence-corrected chi connectivity index (χ1v) is 10.8. The number of halogens is 1. The van der Waals surface area contributed by atoms with E-state index < -0.39 is 5.82 Å². The van der Waals surface area contributed by atoms with Gasteiger partial charge in [-0.1, -0.05) is 6.07 Å². The van der Waals surface area contributed by atoms with E-state index in [4.69, 9.17) is 4.98 Å². The smallest absolute Gasteiger partial charge is 0.226 e. The number of hydrogen-bond acceptors (Lipinski definition) is 5. The predicted octanol–water partition coefficient (Wildman–Crippen LogP) is 3.32. The molecule has 9 heteroatoms. The van der Waals surface area contributed by atoms with Gasteiger partial charge in [-0.3, -0.25) is 19.5 Å². The van der Waals surface area contributed by atoms with Gasteiger partial charge >= 0.3 is 0 Å². The van der Waals surface area contributed by atoms with E-state index in [-0.39, 0.29) is 23.9 Å². The second-order valence-electron chi connectivity index (χ2n) is 8.39. The number of rotatable bonds is 6. The van der Waals surface area contributed by atoms with E-state index in [0.717, 1.165) is 11.4 Å². The quantitative estimate of drug-likeness (QED) is 0.623. The van der Waals surface area contributed by atoms with Crippen LogP contribution in [-0.4, -0.2) is 58.4 Å². The predicted molar refractivity (Wildman–Crippen MR) is 125 cm³/mol. The van der Waals surface area contributed by atoms with Gasteiger partial charge in [0.1, 0.15) is 11.5 Å². The van der Waals surface area contributed by atoms with Crippen molar-refractivity contribution in [3.63, 3.8) is 0 Å². The number of hydrogen-bond donors (Lipinski definition) is 1. The number of aromatic nitrogens is 3. The summed E-state index contributed by atoms with van der Waals surface area (Å²) in [5.74, 6) is -0.334. The minimum Gasteiger partial charge on any atom is -0.324 e. The van der Waals surface area contributed by atoms with Gasteiger partial charge in [0, 0.05) is 44.2 Å². The number of nitrogens with one attached hydrogen (secondary N) is 1. The highest BCUT2D eigenvalue weighted by atomic mass is 19.1. The highest BCUT2D eigenvalue weighted by molar-refractivity contribution is 5.94. The Morgan fingerprint density at radius 3 is 2.64 bits per heavy atom. The molecule has 0 atom stereocenters. The molecule has 4 rings (SSSR count). The number of carbonyl (C=O) groups is 2. The molecule has 2 aromatic heterocycles. The molecule has 0 aliphatic carbocycles. The summed E-state index contributed by atoms with van der Waals surface area (Å²) in [4.78, 5) is 37.4. The van der Waals surface area contributed by atoms with E-state index in [2.05, 4.69) is 10.3 Å². The Morgan fingerprint density at radius 1 is 1.15 bits per heavy atom. The molecule has 3 heterocycles. The topological polar surface area (TPSA) is 83.4 Å². The highest BCUT2D eigenvalue weighted by Gasteiger charge is 2.31. The summed E-state index contributed by atoms with van der Waals surface area (Å²) >= 11 is 0. The summed E-state index contributed by atoms with van der Waals surface area (Å²) < 4.78 is 16.5. The van der Waals surface area contributed by atoms with Gasteiger partial charge in [0.05, 0.1) is 17.1 Å². The van der Waals surface area contributed by atoms with E-state index >= 15 is 0 Å². The lowest BCUT2D eigenvalue weighted by Crippen LogP contribution is -2.26. The fraction of sp³-hybridized carbons (Fsp3) is 0.333. The van der Waals surface area contributed by atoms with Crippen LogP contribution in [0, 0.1) is 12.7 Å². The molecule has 172 valence electrons. The van der Waals surface area contributed by atoms with Gasteiger partial charge in [-0.25, -0.2) is 9.37 Å². The highest BCUT2D eigenvalue weighted by Crippen LogP contribution is 2.38. The van der Waals surface area contributed by atoms with Crippen molar-refractivity contribution in [1.29, 1.82) is 0 Å². The van der Waals surface area contributed by atoms with Crippen molar-refractivity contribution in [1.82, 2.24) is 19.4 Å². The molecule has 1 aliphatic rings. The van der Waals surface area contributed by atoms with Crippen LogP contribution in [0.15, 0.2) is 36.4 Å². The van der Waals surface area contributed by atoms with Crippen molar-refractivity contribution in [2.24, 2.45) is 0 Å². The molecule has 0 fully saturated rings. The number of nitrogens with zero attached hydrogens (tertiary/aromatic N) is 5. The number of amides is 2. The lowest BCUT2D eigenvalue weighted by molar-refractivity contribution is -0.117. The van der Waals surface area contributed by atoms with Gasteiger partial charge in [0.15, 0.2) is 0 Å².